The number of morpholine rings is 1. The lowest BCUT2D eigenvalue weighted by Gasteiger charge is -2.36. The summed E-state index contributed by atoms with van der Waals surface area (Å²) in [7, 11) is 0. The van der Waals surface area contributed by atoms with E-state index in [1.54, 1.807) is 6.07 Å². The van der Waals surface area contributed by atoms with Crippen molar-refractivity contribution in [2.24, 2.45) is 0 Å². The first kappa shape index (κ1) is 13.8. The summed E-state index contributed by atoms with van der Waals surface area (Å²) < 4.78 is 18.8. The van der Waals surface area contributed by atoms with Gasteiger partial charge in [0.2, 0.25) is 0 Å². The van der Waals surface area contributed by atoms with Crippen molar-refractivity contribution in [3.63, 3.8) is 0 Å². The smallest absolute Gasteiger partial charge is 0.123 e. The van der Waals surface area contributed by atoms with Gasteiger partial charge in [0.05, 0.1) is 12.2 Å². The molecule has 2 rings (SSSR count). The van der Waals surface area contributed by atoms with E-state index in [1.165, 1.54) is 11.6 Å². The molecule has 0 aliphatic carbocycles. The van der Waals surface area contributed by atoms with Crippen LogP contribution in [-0.4, -0.2) is 36.1 Å². The SMILES string of the molecule is Cc1cc(F)ccc1CN1CC(C)OC(CCl)C1. The summed E-state index contributed by atoms with van der Waals surface area (Å²) in [5.41, 5.74) is 2.16. The number of hydrogen-bond acceptors (Lipinski definition) is 2. The van der Waals surface area contributed by atoms with Gasteiger partial charge in [-0.05, 0) is 37.1 Å². The Morgan fingerprint density at radius 1 is 1.44 bits per heavy atom. The van der Waals surface area contributed by atoms with Gasteiger partial charge in [0, 0.05) is 25.5 Å². The van der Waals surface area contributed by atoms with Gasteiger partial charge in [0.15, 0.2) is 0 Å². The van der Waals surface area contributed by atoms with Crippen molar-refractivity contribution in [2.45, 2.75) is 32.6 Å². The van der Waals surface area contributed by atoms with E-state index >= 15 is 0 Å². The minimum atomic E-state index is -0.176. The maximum atomic E-state index is 13.1. The molecule has 0 N–H and O–H groups in total. The normalized spacial score (nSPS) is 25.3. The van der Waals surface area contributed by atoms with E-state index in [2.05, 4.69) is 11.8 Å². The van der Waals surface area contributed by atoms with E-state index in [4.69, 9.17) is 16.3 Å². The summed E-state index contributed by atoms with van der Waals surface area (Å²) in [6, 6.07) is 4.96. The molecule has 0 saturated carbocycles. The maximum absolute atomic E-state index is 13.1. The molecule has 0 bridgehead atoms. The fourth-order valence-corrected chi connectivity index (χ4v) is 2.60. The van der Waals surface area contributed by atoms with Gasteiger partial charge in [-0.2, -0.15) is 0 Å². The van der Waals surface area contributed by atoms with Crippen molar-refractivity contribution in [3.05, 3.63) is 35.1 Å². The fraction of sp³-hybridized carbons (Fsp3) is 0.571. The van der Waals surface area contributed by atoms with Gasteiger partial charge in [-0.25, -0.2) is 4.39 Å². The zero-order valence-electron chi connectivity index (χ0n) is 10.8. The Labute approximate surface area is 113 Å². The van der Waals surface area contributed by atoms with Crippen molar-refractivity contribution in [1.29, 1.82) is 0 Å². The molecular weight excluding hydrogens is 253 g/mol. The van der Waals surface area contributed by atoms with Gasteiger partial charge in [-0.3, -0.25) is 4.90 Å². The van der Waals surface area contributed by atoms with E-state index < -0.39 is 0 Å². The quantitative estimate of drug-likeness (QED) is 0.784. The van der Waals surface area contributed by atoms with E-state index in [9.17, 15) is 4.39 Å². The van der Waals surface area contributed by atoms with Crippen LogP contribution >= 0.6 is 11.6 Å². The molecular formula is C14H19ClFNO. The highest BCUT2D eigenvalue weighted by atomic mass is 35.5. The number of aryl methyl sites for hydroxylation is 1. The van der Waals surface area contributed by atoms with Crippen molar-refractivity contribution in [2.75, 3.05) is 19.0 Å². The molecule has 18 heavy (non-hydrogen) atoms. The first-order chi connectivity index (χ1) is 8.58. The van der Waals surface area contributed by atoms with Crippen LogP contribution in [0.5, 0.6) is 0 Å². The Balaban J connectivity index is 2.04. The van der Waals surface area contributed by atoms with Crippen molar-refractivity contribution >= 4 is 11.6 Å². The third-order valence-corrected chi connectivity index (χ3v) is 3.62. The molecule has 1 aromatic rings. The molecule has 1 aliphatic rings. The molecule has 1 fully saturated rings. The average Bonchev–Trinajstić information content (AvgIpc) is 2.32. The molecule has 1 heterocycles. The summed E-state index contributed by atoms with van der Waals surface area (Å²) in [6.07, 6.45) is 0.291. The zero-order chi connectivity index (χ0) is 13.1. The van der Waals surface area contributed by atoms with Gasteiger partial charge in [0.1, 0.15) is 5.82 Å². The standard InChI is InChI=1S/C14H19ClFNO/c1-10-5-13(16)4-3-12(10)8-17-7-11(2)18-14(6-15)9-17/h3-5,11,14H,6-9H2,1-2H3. The maximum Gasteiger partial charge on any atom is 0.123 e. The minimum Gasteiger partial charge on any atom is -0.371 e. The van der Waals surface area contributed by atoms with Crippen LogP contribution in [0.15, 0.2) is 18.2 Å². The Bertz CT molecular complexity index is 413. The van der Waals surface area contributed by atoms with Gasteiger partial charge in [-0.1, -0.05) is 6.07 Å². The van der Waals surface area contributed by atoms with E-state index in [0.29, 0.717) is 5.88 Å². The van der Waals surface area contributed by atoms with Crippen molar-refractivity contribution in [1.82, 2.24) is 4.90 Å². The highest BCUT2D eigenvalue weighted by molar-refractivity contribution is 6.18. The van der Waals surface area contributed by atoms with Crippen LogP contribution < -0.4 is 0 Å². The molecule has 1 saturated heterocycles. The molecule has 0 spiro atoms. The molecule has 100 valence electrons. The number of benzene rings is 1. The number of halogens is 2. The van der Waals surface area contributed by atoms with E-state index in [0.717, 1.165) is 25.2 Å². The first-order valence-corrected chi connectivity index (χ1v) is 6.80. The van der Waals surface area contributed by atoms with Crippen LogP contribution in [0.4, 0.5) is 4.39 Å². The first-order valence-electron chi connectivity index (χ1n) is 6.27. The summed E-state index contributed by atoms with van der Waals surface area (Å²) in [5.74, 6) is 0.341. The summed E-state index contributed by atoms with van der Waals surface area (Å²) in [4.78, 5) is 2.32. The Morgan fingerprint density at radius 3 is 2.89 bits per heavy atom. The Hall–Kier alpha value is -0.640. The summed E-state index contributed by atoms with van der Waals surface area (Å²) in [6.45, 7) is 6.56. The molecule has 1 aliphatic heterocycles. The van der Waals surface area contributed by atoms with Crippen LogP contribution in [-0.2, 0) is 11.3 Å². The third-order valence-electron chi connectivity index (χ3n) is 3.27. The largest absolute Gasteiger partial charge is 0.371 e. The second kappa shape index (κ2) is 6.00. The molecule has 2 nitrogen and oxygen atoms in total. The Kier molecular flexibility index (Phi) is 4.60. The molecule has 0 radical (unpaired) electrons. The van der Waals surface area contributed by atoms with Crippen LogP contribution in [0, 0.1) is 12.7 Å². The summed E-state index contributed by atoms with van der Waals surface area (Å²) in [5, 5.41) is 0. The molecule has 0 aromatic heterocycles. The molecule has 1 aromatic carbocycles. The Morgan fingerprint density at radius 2 is 2.22 bits per heavy atom. The molecule has 2 unspecified atom stereocenters. The van der Waals surface area contributed by atoms with Gasteiger partial charge < -0.3 is 4.74 Å². The highest BCUT2D eigenvalue weighted by Crippen LogP contribution is 2.18. The topological polar surface area (TPSA) is 12.5 Å². The summed E-state index contributed by atoms with van der Waals surface area (Å²) >= 11 is 5.86. The molecule has 2 atom stereocenters. The number of alkyl halides is 1. The number of ether oxygens (including phenoxy) is 1. The number of nitrogens with zero attached hydrogens (tertiary/aromatic N) is 1. The van der Waals surface area contributed by atoms with Crippen LogP contribution in [0.3, 0.4) is 0 Å². The van der Waals surface area contributed by atoms with Crippen LogP contribution in [0.25, 0.3) is 0 Å². The van der Waals surface area contributed by atoms with E-state index in [-0.39, 0.29) is 18.0 Å². The number of hydrogen-bond donors (Lipinski definition) is 0. The highest BCUT2D eigenvalue weighted by Gasteiger charge is 2.24. The fourth-order valence-electron chi connectivity index (χ4n) is 2.43. The monoisotopic (exact) mass is 271 g/mol. The lowest BCUT2D eigenvalue weighted by molar-refractivity contribution is -0.0689. The average molecular weight is 272 g/mol. The molecule has 0 amide bonds. The van der Waals surface area contributed by atoms with Gasteiger partial charge in [-0.15, -0.1) is 11.6 Å². The minimum absolute atomic E-state index is 0.0937. The second-order valence-corrected chi connectivity index (χ2v) is 5.30. The van der Waals surface area contributed by atoms with Crippen LogP contribution in [0.1, 0.15) is 18.1 Å². The predicted molar refractivity (Wildman–Crippen MR) is 71.5 cm³/mol. The lowest BCUT2D eigenvalue weighted by Crippen LogP contribution is -2.46. The lowest BCUT2D eigenvalue weighted by atomic mass is 10.1. The predicted octanol–water partition coefficient (Wildman–Crippen LogP) is 2.96. The van der Waals surface area contributed by atoms with Crippen molar-refractivity contribution in [3.8, 4) is 0 Å². The van der Waals surface area contributed by atoms with Gasteiger partial charge >= 0.3 is 0 Å². The van der Waals surface area contributed by atoms with E-state index in [1.807, 2.05) is 13.0 Å². The molecule has 4 heteroatoms. The van der Waals surface area contributed by atoms with Crippen molar-refractivity contribution < 1.29 is 9.13 Å². The number of rotatable bonds is 3. The van der Waals surface area contributed by atoms with Crippen LogP contribution in [0.2, 0.25) is 0 Å². The third kappa shape index (κ3) is 3.44. The zero-order valence-corrected chi connectivity index (χ0v) is 11.6. The van der Waals surface area contributed by atoms with Gasteiger partial charge in [0.25, 0.3) is 0 Å². The second-order valence-electron chi connectivity index (χ2n) is 4.99.